The lowest BCUT2D eigenvalue weighted by atomic mass is 10.1. The summed E-state index contributed by atoms with van der Waals surface area (Å²) in [6, 6.07) is 8.48. The van der Waals surface area contributed by atoms with Gasteiger partial charge in [0.25, 0.3) is 0 Å². The Morgan fingerprint density at radius 1 is 1.31 bits per heavy atom. The summed E-state index contributed by atoms with van der Waals surface area (Å²) >= 11 is 1.74. The molecule has 1 aromatic carbocycles. The molecule has 2 nitrogen and oxygen atoms in total. The van der Waals surface area contributed by atoms with Crippen molar-refractivity contribution in [3.05, 3.63) is 29.8 Å². The van der Waals surface area contributed by atoms with Gasteiger partial charge in [0.2, 0.25) is 5.91 Å². The fourth-order valence-corrected chi connectivity index (χ4v) is 1.86. The van der Waals surface area contributed by atoms with Crippen molar-refractivity contribution in [2.24, 2.45) is 0 Å². The summed E-state index contributed by atoms with van der Waals surface area (Å²) < 4.78 is 0. The number of carbonyl (C=O) groups is 1. The molecule has 0 aliphatic rings. The third-order valence-corrected chi connectivity index (χ3v) is 3.12. The van der Waals surface area contributed by atoms with E-state index >= 15 is 0 Å². The molecule has 0 atom stereocenters. The van der Waals surface area contributed by atoms with Gasteiger partial charge in [0.1, 0.15) is 0 Å². The molecule has 0 saturated heterocycles. The third-order valence-electron chi connectivity index (χ3n) is 2.37. The van der Waals surface area contributed by atoms with Crippen LogP contribution in [-0.4, -0.2) is 18.7 Å². The highest BCUT2D eigenvalue weighted by Gasteiger charge is 1.98. The van der Waals surface area contributed by atoms with Gasteiger partial charge in [-0.2, -0.15) is 0 Å². The molecular weight excluding hydrogens is 218 g/mol. The van der Waals surface area contributed by atoms with E-state index in [1.54, 1.807) is 11.8 Å². The van der Waals surface area contributed by atoms with Crippen LogP contribution in [0.4, 0.5) is 0 Å². The Morgan fingerprint density at radius 2 is 2.00 bits per heavy atom. The van der Waals surface area contributed by atoms with Crippen molar-refractivity contribution < 1.29 is 4.79 Å². The van der Waals surface area contributed by atoms with Crippen LogP contribution in [0.5, 0.6) is 0 Å². The minimum absolute atomic E-state index is 0.156. The molecule has 0 unspecified atom stereocenters. The van der Waals surface area contributed by atoms with Crippen molar-refractivity contribution in [1.29, 1.82) is 0 Å². The zero-order chi connectivity index (χ0) is 11.8. The van der Waals surface area contributed by atoms with E-state index in [9.17, 15) is 4.79 Å². The molecule has 3 heteroatoms. The number of hydrogen-bond acceptors (Lipinski definition) is 2. The van der Waals surface area contributed by atoms with E-state index in [0.717, 1.165) is 19.4 Å². The molecule has 0 aliphatic heterocycles. The molecule has 0 fully saturated rings. The van der Waals surface area contributed by atoms with Crippen molar-refractivity contribution in [3.8, 4) is 0 Å². The first-order chi connectivity index (χ1) is 7.76. The van der Waals surface area contributed by atoms with E-state index in [1.165, 1.54) is 10.5 Å². The zero-order valence-electron chi connectivity index (χ0n) is 9.95. The molecule has 1 amide bonds. The van der Waals surface area contributed by atoms with Crippen LogP contribution < -0.4 is 5.32 Å². The summed E-state index contributed by atoms with van der Waals surface area (Å²) in [5.74, 6) is 0.156. The molecular formula is C13H19NOS. The summed E-state index contributed by atoms with van der Waals surface area (Å²) in [7, 11) is 0. The minimum atomic E-state index is 0.156. The maximum absolute atomic E-state index is 11.2. The van der Waals surface area contributed by atoms with E-state index in [4.69, 9.17) is 0 Å². The van der Waals surface area contributed by atoms with Crippen molar-refractivity contribution in [1.82, 2.24) is 5.32 Å². The molecule has 1 N–H and O–H groups in total. The Bertz CT molecular complexity index is 321. The standard InChI is InChI=1S/C13H19NOS/c1-3-4-13(15)14-10-9-11-5-7-12(16-2)8-6-11/h5-8H,3-4,9-10H2,1-2H3,(H,14,15). The summed E-state index contributed by atoms with van der Waals surface area (Å²) in [4.78, 5) is 12.5. The lowest BCUT2D eigenvalue weighted by Crippen LogP contribution is -2.25. The Balaban J connectivity index is 2.29. The molecule has 0 spiro atoms. The Labute approximate surface area is 102 Å². The number of rotatable bonds is 6. The quantitative estimate of drug-likeness (QED) is 0.771. The van der Waals surface area contributed by atoms with Crippen LogP contribution in [-0.2, 0) is 11.2 Å². The highest BCUT2D eigenvalue weighted by Crippen LogP contribution is 2.14. The van der Waals surface area contributed by atoms with E-state index in [0.29, 0.717) is 6.42 Å². The van der Waals surface area contributed by atoms with Gasteiger partial charge in [-0.25, -0.2) is 0 Å². The molecule has 1 rings (SSSR count). The number of nitrogens with one attached hydrogen (secondary N) is 1. The zero-order valence-corrected chi connectivity index (χ0v) is 10.8. The van der Waals surface area contributed by atoms with Gasteiger partial charge in [-0.15, -0.1) is 11.8 Å². The van der Waals surface area contributed by atoms with E-state index in [1.807, 2.05) is 6.92 Å². The number of carbonyl (C=O) groups excluding carboxylic acids is 1. The fourth-order valence-electron chi connectivity index (χ4n) is 1.45. The summed E-state index contributed by atoms with van der Waals surface area (Å²) in [5, 5.41) is 2.92. The average molecular weight is 237 g/mol. The summed E-state index contributed by atoms with van der Waals surface area (Å²) in [6.45, 7) is 2.75. The maximum atomic E-state index is 11.2. The normalized spacial score (nSPS) is 10.1. The molecule has 0 heterocycles. The smallest absolute Gasteiger partial charge is 0.219 e. The van der Waals surface area contributed by atoms with Crippen molar-refractivity contribution >= 4 is 17.7 Å². The Morgan fingerprint density at radius 3 is 2.56 bits per heavy atom. The number of amides is 1. The Kier molecular flexibility index (Phi) is 6.01. The molecule has 0 saturated carbocycles. The maximum Gasteiger partial charge on any atom is 0.219 e. The predicted molar refractivity (Wildman–Crippen MR) is 69.8 cm³/mol. The SMILES string of the molecule is CCCC(=O)NCCc1ccc(SC)cc1. The molecule has 0 aliphatic carbocycles. The Hall–Kier alpha value is -0.960. The van der Waals surface area contributed by atoms with Gasteiger partial charge in [-0.05, 0) is 36.8 Å². The first-order valence-corrected chi connectivity index (χ1v) is 6.88. The van der Waals surface area contributed by atoms with Gasteiger partial charge in [0, 0.05) is 17.9 Å². The molecule has 0 radical (unpaired) electrons. The van der Waals surface area contributed by atoms with Crippen LogP contribution >= 0.6 is 11.8 Å². The number of benzene rings is 1. The van der Waals surface area contributed by atoms with Crippen LogP contribution in [0, 0.1) is 0 Å². The van der Waals surface area contributed by atoms with Crippen molar-refractivity contribution in [2.75, 3.05) is 12.8 Å². The number of hydrogen-bond donors (Lipinski definition) is 1. The highest BCUT2D eigenvalue weighted by molar-refractivity contribution is 7.98. The van der Waals surface area contributed by atoms with E-state index in [-0.39, 0.29) is 5.91 Å². The van der Waals surface area contributed by atoms with E-state index < -0.39 is 0 Å². The first kappa shape index (κ1) is 13.1. The number of thioether (sulfide) groups is 1. The topological polar surface area (TPSA) is 29.1 Å². The van der Waals surface area contributed by atoms with Crippen LogP contribution in [0.2, 0.25) is 0 Å². The summed E-state index contributed by atoms with van der Waals surface area (Å²) in [6.07, 6.45) is 4.52. The minimum Gasteiger partial charge on any atom is -0.356 e. The van der Waals surface area contributed by atoms with Crippen molar-refractivity contribution in [3.63, 3.8) is 0 Å². The predicted octanol–water partition coefficient (Wildman–Crippen LogP) is 2.87. The van der Waals surface area contributed by atoms with Crippen molar-refractivity contribution in [2.45, 2.75) is 31.1 Å². The molecule has 0 bridgehead atoms. The van der Waals surface area contributed by atoms with Gasteiger partial charge >= 0.3 is 0 Å². The molecule has 1 aromatic rings. The van der Waals surface area contributed by atoms with Gasteiger partial charge in [-0.1, -0.05) is 19.1 Å². The van der Waals surface area contributed by atoms with Gasteiger partial charge in [0.05, 0.1) is 0 Å². The van der Waals surface area contributed by atoms with Crippen LogP contribution in [0.15, 0.2) is 29.2 Å². The molecule has 0 aromatic heterocycles. The lowest BCUT2D eigenvalue weighted by molar-refractivity contribution is -0.121. The highest BCUT2D eigenvalue weighted by atomic mass is 32.2. The van der Waals surface area contributed by atoms with Gasteiger partial charge in [0.15, 0.2) is 0 Å². The van der Waals surface area contributed by atoms with Gasteiger partial charge in [-0.3, -0.25) is 4.79 Å². The van der Waals surface area contributed by atoms with E-state index in [2.05, 4.69) is 35.8 Å². The van der Waals surface area contributed by atoms with Gasteiger partial charge < -0.3 is 5.32 Å². The van der Waals surface area contributed by atoms with Crippen LogP contribution in [0.3, 0.4) is 0 Å². The third kappa shape index (κ3) is 4.71. The average Bonchev–Trinajstić information content (AvgIpc) is 2.30. The van der Waals surface area contributed by atoms with Crippen LogP contribution in [0.25, 0.3) is 0 Å². The fraction of sp³-hybridized carbons (Fsp3) is 0.462. The second-order valence-corrected chi connectivity index (χ2v) is 4.58. The largest absolute Gasteiger partial charge is 0.356 e. The second-order valence-electron chi connectivity index (χ2n) is 3.70. The first-order valence-electron chi connectivity index (χ1n) is 5.66. The molecule has 16 heavy (non-hydrogen) atoms. The lowest BCUT2D eigenvalue weighted by Gasteiger charge is -2.05. The summed E-state index contributed by atoms with van der Waals surface area (Å²) in [5.41, 5.74) is 1.27. The second kappa shape index (κ2) is 7.34. The monoisotopic (exact) mass is 237 g/mol. The van der Waals surface area contributed by atoms with Crippen LogP contribution in [0.1, 0.15) is 25.3 Å². The molecule has 88 valence electrons.